The van der Waals surface area contributed by atoms with E-state index in [1.807, 2.05) is 0 Å². The normalized spacial score (nSPS) is 34.8. The van der Waals surface area contributed by atoms with Crippen LogP contribution in [0.2, 0.25) is 0 Å². The highest BCUT2D eigenvalue weighted by Crippen LogP contribution is 2.22. The monoisotopic (exact) mass is 207 g/mol. The first-order chi connectivity index (χ1) is 5.86. The van der Waals surface area contributed by atoms with Gasteiger partial charge in [0, 0.05) is 13.1 Å². The fraction of sp³-hybridized carbons (Fsp3) is 1.00. The van der Waals surface area contributed by atoms with Crippen LogP contribution in [0.15, 0.2) is 0 Å². The summed E-state index contributed by atoms with van der Waals surface area (Å²) in [6.07, 6.45) is 4.60. The van der Waals surface area contributed by atoms with Gasteiger partial charge in [0.05, 0.1) is 18.3 Å². The lowest BCUT2D eigenvalue weighted by atomic mass is 9.94. The second-order valence-electron chi connectivity index (χ2n) is 3.81. The molecule has 0 amide bonds. The lowest BCUT2D eigenvalue weighted by Gasteiger charge is -2.35. The number of nitrogens with one attached hydrogen (secondary N) is 1. The third-order valence-corrected chi connectivity index (χ3v) is 2.78. The molecule has 4 heteroatoms. The molecule has 2 atom stereocenters. The van der Waals surface area contributed by atoms with E-state index in [-0.39, 0.29) is 24.6 Å². The van der Waals surface area contributed by atoms with Crippen LogP contribution in [0.4, 0.5) is 0 Å². The quantitative estimate of drug-likeness (QED) is 0.701. The third kappa shape index (κ3) is 2.81. The Hall–Kier alpha value is 0.170. The highest BCUT2D eigenvalue weighted by atomic mass is 35.5. The average molecular weight is 208 g/mol. The summed E-state index contributed by atoms with van der Waals surface area (Å²) < 4.78 is 5.73. The Labute approximate surface area is 85.3 Å². The second kappa shape index (κ2) is 5.15. The molecule has 78 valence electrons. The van der Waals surface area contributed by atoms with E-state index in [0.717, 1.165) is 32.4 Å². The van der Waals surface area contributed by atoms with Crippen molar-refractivity contribution in [2.75, 3.05) is 13.1 Å². The predicted molar refractivity (Wildman–Crippen MR) is 53.3 cm³/mol. The summed E-state index contributed by atoms with van der Waals surface area (Å²) in [5.74, 6) is 0. The number of hydrogen-bond acceptors (Lipinski definition) is 3. The standard InChI is InChI=1S/C9H17NO2.ClH/c11-8-3-1-2-4-9(8)12-7-5-10-6-7;/h7-11H,1-6H2;1H/t8-,9-;/m1./s1. The molecular weight excluding hydrogens is 190 g/mol. The smallest absolute Gasteiger partial charge is 0.0839 e. The second-order valence-corrected chi connectivity index (χ2v) is 3.81. The Morgan fingerprint density at radius 2 is 1.85 bits per heavy atom. The van der Waals surface area contributed by atoms with Crippen LogP contribution in [0.1, 0.15) is 25.7 Å². The minimum atomic E-state index is -0.209. The van der Waals surface area contributed by atoms with E-state index < -0.39 is 0 Å². The van der Waals surface area contributed by atoms with E-state index >= 15 is 0 Å². The molecule has 0 bridgehead atoms. The summed E-state index contributed by atoms with van der Waals surface area (Å²) in [6.45, 7) is 1.92. The summed E-state index contributed by atoms with van der Waals surface area (Å²) in [7, 11) is 0. The van der Waals surface area contributed by atoms with Crippen molar-refractivity contribution in [3.05, 3.63) is 0 Å². The fourth-order valence-electron chi connectivity index (χ4n) is 1.84. The van der Waals surface area contributed by atoms with Crippen molar-refractivity contribution in [3.8, 4) is 0 Å². The molecule has 0 radical (unpaired) electrons. The predicted octanol–water partition coefficient (Wildman–Crippen LogP) is 0.700. The molecule has 2 aliphatic rings. The molecule has 0 aromatic carbocycles. The average Bonchev–Trinajstić information content (AvgIpc) is 2.00. The first kappa shape index (κ1) is 11.2. The molecule has 1 saturated heterocycles. The molecule has 0 unspecified atom stereocenters. The third-order valence-electron chi connectivity index (χ3n) is 2.78. The summed E-state index contributed by atoms with van der Waals surface area (Å²) in [6, 6.07) is 0. The molecule has 1 saturated carbocycles. The lowest BCUT2D eigenvalue weighted by Crippen LogP contribution is -2.51. The minimum Gasteiger partial charge on any atom is -0.390 e. The van der Waals surface area contributed by atoms with Crippen LogP contribution in [-0.4, -0.2) is 36.5 Å². The number of aliphatic hydroxyl groups excluding tert-OH is 1. The van der Waals surface area contributed by atoms with E-state index in [0.29, 0.717) is 6.10 Å². The number of rotatable bonds is 2. The zero-order chi connectivity index (χ0) is 8.39. The van der Waals surface area contributed by atoms with Gasteiger partial charge in [-0.2, -0.15) is 0 Å². The van der Waals surface area contributed by atoms with Crippen molar-refractivity contribution in [3.63, 3.8) is 0 Å². The molecule has 0 aromatic heterocycles. The first-order valence-corrected chi connectivity index (χ1v) is 4.90. The topological polar surface area (TPSA) is 41.5 Å². The summed E-state index contributed by atoms with van der Waals surface area (Å²) >= 11 is 0. The number of halogens is 1. The van der Waals surface area contributed by atoms with Gasteiger partial charge in [0.2, 0.25) is 0 Å². The van der Waals surface area contributed by atoms with Gasteiger partial charge in [-0.25, -0.2) is 0 Å². The van der Waals surface area contributed by atoms with Crippen LogP contribution in [-0.2, 0) is 4.74 Å². The zero-order valence-corrected chi connectivity index (χ0v) is 8.55. The van der Waals surface area contributed by atoms with Crippen molar-refractivity contribution in [1.82, 2.24) is 5.32 Å². The van der Waals surface area contributed by atoms with Crippen molar-refractivity contribution < 1.29 is 9.84 Å². The molecule has 1 heterocycles. The van der Waals surface area contributed by atoms with Gasteiger partial charge in [-0.3, -0.25) is 0 Å². The van der Waals surface area contributed by atoms with Crippen LogP contribution in [0.25, 0.3) is 0 Å². The molecule has 2 fully saturated rings. The Balaban J connectivity index is 0.000000845. The van der Waals surface area contributed by atoms with E-state index in [9.17, 15) is 5.11 Å². The maximum absolute atomic E-state index is 9.59. The van der Waals surface area contributed by atoms with Gasteiger partial charge in [0.1, 0.15) is 0 Å². The Bertz CT molecular complexity index is 153. The number of hydrogen-bond donors (Lipinski definition) is 2. The molecule has 13 heavy (non-hydrogen) atoms. The first-order valence-electron chi connectivity index (χ1n) is 4.90. The molecule has 0 spiro atoms. The van der Waals surface area contributed by atoms with Gasteiger partial charge in [-0.05, 0) is 12.8 Å². The van der Waals surface area contributed by atoms with Crippen molar-refractivity contribution in [1.29, 1.82) is 0 Å². The van der Waals surface area contributed by atoms with Crippen LogP contribution in [0.3, 0.4) is 0 Å². The van der Waals surface area contributed by atoms with Crippen LogP contribution in [0, 0.1) is 0 Å². The molecular formula is C9H18ClNO2. The zero-order valence-electron chi connectivity index (χ0n) is 7.74. The highest BCUT2D eigenvalue weighted by Gasteiger charge is 2.28. The minimum absolute atomic E-state index is 0. The number of ether oxygens (including phenoxy) is 1. The fourth-order valence-corrected chi connectivity index (χ4v) is 1.84. The van der Waals surface area contributed by atoms with Gasteiger partial charge in [0.15, 0.2) is 0 Å². The van der Waals surface area contributed by atoms with E-state index in [1.165, 1.54) is 6.42 Å². The largest absolute Gasteiger partial charge is 0.390 e. The Kier molecular flexibility index (Phi) is 4.46. The number of aliphatic hydroxyl groups is 1. The van der Waals surface area contributed by atoms with E-state index in [1.54, 1.807) is 0 Å². The van der Waals surface area contributed by atoms with Crippen molar-refractivity contribution >= 4 is 12.4 Å². The Morgan fingerprint density at radius 3 is 2.38 bits per heavy atom. The van der Waals surface area contributed by atoms with Crippen LogP contribution < -0.4 is 5.32 Å². The van der Waals surface area contributed by atoms with Gasteiger partial charge in [-0.15, -0.1) is 12.4 Å². The van der Waals surface area contributed by atoms with Crippen LogP contribution >= 0.6 is 12.4 Å². The molecule has 1 aliphatic heterocycles. The maximum atomic E-state index is 9.59. The van der Waals surface area contributed by atoms with Gasteiger partial charge < -0.3 is 15.2 Å². The van der Waals surface area contributed by atoms with Gasteiger partial charge in [0.25, 0.3) is 0 Å². The molecule has 3 nitrogen and oxygen atoms in total. The maximum Gasteiger partial charge on any atom is 0.0839 e. The van der Waals surface area contributed by atoms with E-state index in [2.05, 4.69) is 5.32 Å². The van der Waals surface area contributed by atoms with Crippen molar-refractivity contribution in [2.24, 2.45) is 0 Å². The highest BCUT2D eigenvalue weighted by molar-refractivity contribution is 5.85. The van der Waals surface area contributed by atoms with E-state index in [4.69, 9.17) is 4.74 Å². The molecule has 2 N–H and O–H groups in total. The molecule has 1 aliphatic carbocycles. The van der Waals surface area contributed by atoms with Gasteiger partial charge in [-0.1, -0.05) is 12.8 Å². The molecule has 2 rings (SSSR count). The van der Waals surface area contributed by atoms with Crippen molar-refractivity contribution in [2.45, 2.75) is 44.0 Å². The summed E-state index contributed by atoms with van der Waals surface area (Å²) in [5, 5.41) is 12.8. The van der Waals surface area contributed by atoms with Gasteiger partial charge >= 0.3 is 0 Å². The summed E-state index contributed by atoms with van der Waals surface area (Å²) in [4.78, 5) is 0. The van der Waals surface area contributed by atoms with Crippen LogP contribution in [0.5, 0.6) is 0 Å². The molecule has 0 aromatic rings. The summed E-state index contributed by atoms with van der Waals surface area (Å²) in [5.41, 5.74) is 0. The lowest BCUT2D eigenvalue weighted by molar-refractivity contribution is -0.107. The SMILES string of the molecule is Cl.O[C@@H]1CCCC[C@H]1OC1CNC1. The Morgan fingerprint density at radius 1 is 1.15 bits per heavy atom.